The van der Waals surface area contributed by atoms with E-state index in [1.54, 1.807) is 0 Å². The molecule has 0 aliphatic heterocycles. The number of rotatable bonds is 2. The first-order valence-electron chi connectivity index (χ1n) is 2.88. The molecule has 0 heterocycles. The van der Waals surface area contributed by atoms with E-state index in [4.69, 9.17) is 0 Å². The average Bonchev–Trinajstić information content (AvgIpc) is 1.82. The first-order valence-corrected chi connectivity index (χ1v) is 2.88. The molecule has 1 atom stereocenters. The van der Waals surface area contributed by atoms with Gasteiger partial charge in [-0.05, 0) is 0 Å². The summed E-state index contributed by atoms with van der Waals surface area (Å²) in [4.78, 5) is 20.6. The van der Waals surface area contributed by atoms with Crippen molar-refractivity contribution in [1.29, 1.82) is 0 Å². The summed E-state index contributed by atoms with van der Waals surface area (Å²) in [6.45, 7) is 0.953. The zero-order valence-electron chi connectivity index (χ0n) is 6.03. The average molecular weight is 160 g/mol. The van der Waals surface area contributed by atoms with Crippen molar-refractivity contribution in [3.05, 3.63) is 0 Å². The van der Waals surface area contributed by atoms with E-state index in [0.29, 0.717) is 0 Å². The van der Waals surface area contributed by atoms with Gasteiger partial charge in [0.1, 0.15) is 0 Å². The van der Waals surface area contributed by atoms with Gasteiger partial charge in [0.2, 0.25) is 0 Å². The predicted molar refractivity (Wildman–Crippen MR) is 31.2 cm³/mol. The standard InChI is InChI=1S/C5H4F3O2.Li/c1-3(9)2-4(10)5(6,7)8;/h2H,1H3;. The Morgan fingerprint density at radius 3 is 1.82 bits per heavy atom. The van der Waals surface area contributed by atoms with Crippen molar-refractivity contribution < 1.29 is 22.8 Å². The summed E-state index contributed by atoms with van der Waals surface area (Å²) in [6, 6.07) is 0. The molecular weight excluding hydrogens is 156 g/mol. The Morgan fingerprint density at radius 2 is 1.73 bits per heavy atom. The summed E-state index contributed by atoms with van der Waals surface area (Å²) in [7, 11) is 0. The van der Waals surface area contributed by atoms with Gasteiger partial charge in [0.15, 0.2) is 0 Å². The van der Waals surface area contributed by atoms with Gasteiger partial charge in [0.05, 0.1) is 0 Å². The third-order valence-corrected chi connectivity index (χ3v) is 1.28. The molecule has 0 aromatic heterocycles. The number of ketones is 2. The van der Waals surface area contributed by atoms with Gasteiger partial charge in [-0.25, -0.2) is 0 Å². The molecule has 2 nitrogen and oxygen atoms in total. The molecule has 1 unspecified atom stereocenters. The van der Waals surface area contributed by atoms with Crippen LogP contribution < -0.4 is 0 Å². The molecule has 0 spiro atoms. The zero-order chi connectivity index (χ0) is 9.23. The molecule has 0 aliphatic carbocycles. The maximum atomic E-state index is 11.6. The number of Topliss-reactive ketones (excluding diaryl/α,β-unsaturated/α-hetero) is 2. The fraction of sp³-hybridized carbons (Fsp3) is 0.600. The number of halogens is 3. The Morgan fingerprint density at radius 1 is 1.36 bits per heavy atom. The van der Waals surface area contributed by atoms with Crippen molar-refractivity contribution in [1.82, 2.24) is 0 Å². The maximum absolute atomic E-state index is 11.6. The number of hydrogen-bond donors (Lipinski definition) is 0. The van der Waals surface area contributed by atoms with Crippen molar-refractivity contribution in [2.75, 3.05) is 0 Å². The third kappa shape index (κ3) is 3.08. The molecule has 58 valence electrons. The molecule has 0 aliphatic rings. The molecule has 0 bridgehead atoms. The molecule has 0 amide bonds. The molecule has 0 radical (unpaired) electrons. The van der Waals surface area contributed by atoms with E-state index in [-0.39, 0.29) is 0 Å². The van der Waals surface area contributed by atoms with Crippen molar-refractivity contribution in [3.8, 4) is 0 Å². The number of carbonyl (C=O) groups is 2. The van der Waals surface area contributed by atoms with Crippen LogP contribution in [0.15, 0.2) is 0 Å². The molecule has 0 N–H and O–H groups in total. The Kier molecular flexibility index (Phi) is 3.33. The van der Waals surface area contributed by atoms with Gasteiger partial charge in [-0.15, -0.1) is 0 Å². The second-order valence-electron chi connectivity index (χ2n) is 2.19. The quantitative estimate of drug-likeness (QED) is 0.439. The van der Waals surface area contributed by atoms with E-state index >= 15 is 0 Å². The van der Waals surface area contributed by atoms with Crippen LogP contribution in [0.3, 0.4) is 0 Å². The van der Waals surface area contributed by atoms with Gasteiger partial charge in [-0.1, -0.05) is 0 Å². The summed E-state index contributed by atoms with van der Waals surface area (Å²) < 4.78 is 33.1. The van der Waals surface area contributed by atoms with E-state index in [1.807, 2.05) is 0 Å². The minimum atomic E-state index is -4.90. The molecule has 0 saturated heterocycles. The van der Waals surface area contributed by atoms with E-state index in [1.165, 1.54) is 0 Å². The van der Waals surface area contributed by atoms with Gasteiger partial charge >= 0.3 is 69.7 Å². The fourth-order valence-electron chi connectivity index (χ4n) is 0.430. The van der Waals surface area contributed by atoms with Gasteiger partial charge < -0.3 is 0 Å². The van der Waals surface area contributed by atoms with Crippen LogP contribution >= 0.6 is 0 Å². The van der Waals surface area contributed by atoms with Crippen molar-refractivity contribution in [2.24, 2.45) is 0 Å². The van der Waals surface area contributed by atoms with Crippen molar-refractivity contribution in [2.45, 2.75) is 17.7 Å². The zero-order valence-corrected chi connectivity index (χ0v) is 6.03. The van der Waals surface area contributed by atoms with Crippen LogP contribution in [0.4, 0.5) is 13.2 Å². The number of alkyl halides is 3. The molecule has 0 aromatic carbocycles. The molecular formula is C5H4F3LiO2. The van der Waals surface area contributed by atoms with Gasteiger partial charge in [-0.3, -0.25) is 0 Å². The van der Waals surface area contributed by atoms with E-state index in [9.17, 15) is 22.8 Å². The molecule has 6 heteroatoms. The van der Waals surface area contributed by atoms with Crippen LogP contribution in [0.2, 0.25) is 4.59 Å². The fourth-order valence-corrected chi connectivity index (χ4v) is 0.430. The third-order valence-electron chi connectivity index (χ3n) is 1.28. The van der Waals surface area contributed by atoms with Crippen LogP contribution in [0, 0.1) is 0 Å². The summed E-state index contributed by atoms with van der Waals surface area (Å²) in [5, 5.41) is 0. The molecule has 0 aromatic rings. The number of carbonyl (C=O) groups excluding carboxylic acids is 2. The van der Waals surface area contributed by atoms with Gasteiger partial charge in [-0.2, -0.15) is 0 Å². The SMILES string of the molecule is [Li][CH](C(C)=O)C(=O)C(F)(F)F. The van der Waals surface area contributed by atoms with Crippen LogP contribution in [0.25, 0.3) is 0 Å². The van der Waals surface area contributed by atoms with Crippen LogP contribution in [-0.2, 0) is 9.59 Å². The van der Waals surface area contributed by atoms with Gasteiger partial charge in [0.25, 0.3) is 0 Å². The molecule has 0 rings (SSSR count). The molecule has 0 saturated carbocycles. The first kappa shape index (κ1) is 10.7. The Bertz CT molecular complexity index is 187. The van der Waals surface area contributed by atoms with Crippen molar-refractivity contribution >= 4 is 29.3 Å². The predicted octanol–water partition coefficient (Wildman–Crippen LogP) is 0.664. The van der Waals surface area contributed by atoms with Crippen LogP contribution in [0.1, 0.15) is 6.92 Å². The Balaban J connectivity index is 4.39. The van der Waals surface area contributed by atoms with Gasteiger partial charge in [0, 0.05) is 0 Å². The summed E-state index contributed by atoms with van der Waals surface area (Å²) in [6.07, 6.45) is -4.90. The topological polar surface area (TPSA) is 34.1 Å². The van der Waals surface area contributed by atoms with E-state index in [2.05, 4.69) is 0 Å². The summed E-state index contributed by atoms with van der Waals surface area (Å²) in [5.41, 5.74) is 0. The second-order valence-corrected chi connectivity index (χ2v) is 2.19. The van der Waals surface area contributed by atoms with Crippen molar-refractivity contribution in [3.63, 3.8) is 0 Å². The van der Waals surface area contributed by atoms with Crippen LogP contribution in [0.5, 0.6) is 0 Å². The summed E-state index contributed by atoms with van der Waals surface area (Å²) in [5.74, 6) is -2.75. The molecule has 11 heavy (non-hydrogen) atoms. The summed E-state index contributed by atoms with van der Waals surface area (Å²) >= 11 is 0.943. The molecule has 0 fully saturated rings. The normalized spacial score (nSPS) is 14.4. The van der Waals surface area contributed by atoms with E-state index in [0.717, 1.165) is 24.6 Å². The Hall–Kier alpha value is -0.273. The first-order chi connectivity index (χ1) is 4.76. The Labute approximate surface area is 70.3 Å². The number of hydrogen-bond acceptors (Lipinski definition) is 2. The second kappa shape index (κ2) is 3.42. The van der Waals surface area contributed by atoms with E-state index < -0.39 is 22.3 Å². The minimum absolute atomic E-state index is 0.771. The van der Waals surface area contributed by atoms with Crippen LogP contribution in [-0.4, -0.2) is 35.5 Å². The monoisotopic (exact) mass is 160 g/mol.